The summed E-state index contributed by atoms with van der Waals surface area (Å²) in [7, 11) is 0. The van der Waals surface area contributed by atoms with Crippen molar-refractivity contribution in [2.24, 2.45) is 0 Å². The van der Waals surface area contributed by atoms with Crippen LogP contribution in [-0.2, 0) is 11.3 Å². The van der Waals surface area contributed by atoms with Gasteiger partial charge >= 0.3 is 0 Å². The summed E-state index contributed by atoms with van der Waals surface area (Å²) in [5, 5.41) is 4.05. The van der Waals surface area contributed by atoms with E-state index in [0.29, 0.717) is 12.3 Å². The van der Waals surface area contributed by atoms with Gasteiger partial charge in [-0.15, -0.1) is 0 Å². The number of hydrogen-bond acceptors (Lipinski definition) is 3. The van der Waals surface area contributed by atoms with Crippen LogP contribution in [0, 0.1) is 0 Å². The fraction of sp³-hybridized carbons (Fsp3) is 0.667. The lowest BCUT2D eigenvalue weighted by atomic mass is 10.2. The Bertz CT molecular complexity index is 262. The van der Waals surface area contributed by atoms with E-state index in [1.54, 1.807) is 17.1 Å². The first-order valence-electron chi connectivity index (χ1n) is 4.39. The van der Waals surface area contributed by atoms with Crippen LogP contribution in [0.2, 0.25) is 0 Å². The summed E-state index contributed by atoms with van der Waals surface area (Å²) in [6, 6.07) is 0. The van der Waals surface area contributed by atoms with E-state index in [0.717, 1.165) is 6.54 Å². The SMILES string of the molecule is CC(C)(C)OCCn1cc(N)cn1. The topological polar surface area (TPSA) is 53.1 Å². The van der Waals surface area contributed by atoms with Crippen molar-refractivity contribution >= 4 is 5.69 Å². The normalized spacial score (nSPS) is 11.9. The van der Waals surface area contributed by atoms with Gasteiger partial charge in [-0.05, 0) is 20.8 Å². The van der Waals surface area contributed by atoms with Gasteiger partial charge in [0.05, 0.1) is 30.6 Å². The highest BCUT2D eigenvalue weighted by molar-refractivity contribution is 5.30. The lowest BCUT2D eigenvalue weighted by Gasteiger charge is -2.19. The monoisotopic (exact) mass is 183 g/mol. The first-order chi connectivity index (χ1) is 5.97. The molecule has 0 aliphatic rings. The minimum absolute atomic E-state index is 0.0846. The third-order valence-electron chi connectivity index (χ3n) is 1.51. The van der Waals surface area contributed by atoms with E-state index in [1.807, 2.05) is 20.8 Å². The van der Waals surface area contributed by atoms with Crippen molar-refractivity contribution < 1.29 is 4.74 Å². The fourth-order valence-electron chi connectivity index (χ4n) is 0.947. The molecule has 13 heavy (non-hydrogen) atoms. The molecule has 1 rings (SSSR count). The Kier molecular flexibility index (Phi) is 2.93. The van der Waals surface area contributed by atoms with E-state index >= 15 is 0 Å². The van der Waals surface area contributed by atoms with Crippen LogP contribution in [0.4, 0.5) is 5.69 Å². The second kappa shape index (κ2) is 3.79. The molecule has 4 heteroatoms. The molecule has 1 aromatic rings. The molecule has 1 heterocycles. The van der Waals surface area contributed by atoms with Crippen molar-refractivity contribution in [2.75, 3.05) is 12.3 Å². The van der Waals surface area contributed by atoms with Crippen molar-refractivity contribution in [3.8, 4) is 0 Å². The number of nitrogens with two attached hydrogens (primary N) is 1. The summed E-state index contributed by atoms with van der Waals surface area (Å²) < 4.78 is 7.32. The summed E-state index contributed by atoms with van der Waals surface area (Å²) in [5.74, 6) is 0. The van der Waals surface area contributed by atoms with Gasteiger partial charge in [0.1, 0.15) is 0 Å². The molecule has 0 radical (unpaired) electrons. The van der Waals surface area contributed by atoms with Crippen LogP contribution in [-0.4, -0.2) is 22.0 Å². The molecule has 0 aliphatic carbocycles. The number of nitrogen functional groups attached to an aromatic ring is 1. The van der Waals surface area contributed by atoms with E-state index < -0.39 is 0 Å². The largest absolute Gasteiger partial charge is 0.396 e. The molecular weight excluding hydrogens is 166 g/mol. The molecule has 0 saturated carbocycles. The van der Waals surface area contributed by atoms with Gasteiger partial charge in [-0.25, -0.2) is 0 Å². The number of anilines is 1. The number of nitrogens with zero attached hydrogens (tertiary/aromatic N) is 2. The number of ether oxygens (including phenoxy) is 1. The van der Waals surface area contributed by atoms with Gasteiger partial charge in [-0.3, -0.25) is 4.68 Å². The maximum atomic E-state index is 5.54. The molecule has 0 aromatic carbocycles. The zero-order chi connectivity index (χ0) is 9.90. The lowest BCUT2D eigenvalue weighted by molar-refractivity contribution is -0.00788. The van der Waals surface area contributed by atoms with Gasteiger partial charge in [0.25, 0.3) is 0 Å². The summed E-state index contributed by atoms with van der Waals surface area (Å²) in [5.41, 5.74) is 6.12. The Morgan fingerprint density at radius 1 is 1.54 bits per heavy atom. The van der Waals surface area contributed by atoms with Crippen LogP contribution in [0.1, 0.15) is 20.8 Å². The Labute approximate surface area is 78.7 Å². The molecule has 1 aromatic heterocycles. The standard InChI is InChI=1S/C9H17N3O/c1-9(2,3)13-5-4-12-7-8(10)6-11-12/h6-7H,4-5,10H2,1-3H3. The fourth-order valence-corrected chi connectivity index (χ4v) is 0.947. The predicted octanol–water partition coefficient (Wildman–Crippen LogP) is 1.28. The summed E-state index contributed by atoms with van der Waals surface area (Å²) >= 11 is 0. The van der Waals surface area contributed by atoms with Crippen LogP contribution in [0.3, 0.4) is 0 Å². The minimum atomic E-state index is -0.0846. The number of hydrogen-bond donors (Lipinski definition) is 1. The second-order valence-corrected chi connectivity index (χ2v) is 4.00. The van der Waals surface area contributed by atoms with E-state index in [2.05, 4.69) is 5.10 Å². The van der Waals surface area contributed by atoms with Crippen LogP contribution < -0.4 is 5.73 Å². The van der Waals surface area contributed by atoms with Crippen LogP contribution in [0.25, 0.3) is 0 Å². The van der Waals surface area contributed by atoms with Gasteiger partial charge < -0.3 is 10.5 Å². The molecule has 0 atom stereocenters. The molecule has 2 N–H and O–H groups in total. The molecule has 0 bridgehead atoms. The Morgan fingerprint density at radius 2 is 2.23 bits per heavy atom. The van der Waals surface area contributed by atoms with E-state index in [4.69, 9.17) is 10.5 Å². The van der Waals surface area contributed by atoms with Gasteiger partial charge in [0.15, 0.2) is 0 Å². The maximum absolute atomic E-state index is 5.54. The maximum Gasteiger partial charge on any atom is 0.0719 e. The van der Waals surface area contributed by atoms with Crippen molar-refractivity contribution in [3.63, 3.8) is 0 Å². The third kappa shape index (κ3) is 3.94. The Balaban J connectivity index is 2.28. The zero-order valence-corrected chi connectivity index (χ0v) is 8.45. The molecular formula is C9H17N3O. The quantitative estimate of drug-likeness (QED) is 0.768. The summed E-state index contributed by atoms with van der Waals surface area (Å²) in [6.45, 7) is 7.50. The number of aromatic nitrogens is 2. The second-order valence-electron chi connectivity index (χ2n) is 4.00. The smallest absolute Gasteiger partial charge is 0.0719 e. The van der Waals surface area contributed by atoms with E-state index in [9.17, 15) is 0 Å². The van der Waals surface area contributed by atoms with Crippen LogP contribution >= 0.6 is 0 Å². The molecule has 0 amide bonds. The predicted molar refractivity (Wildman–Crippen MR) is 52.3 cm³/mol. The van der Waals surface area contributed by atoms with E-state index in [1.165, 1.54) is 0 Å². The molecule has 0 aliphatic heterocycles. The first kappa shape index (κ1) is 10.1. The van der Waals surface area contributed by atoms with E-state index in [-0.39, 0.29) is 5.60 Å². The van der Waals surface area contributed by atoms with Crippen molar-refractivity contribution in [1.82, 2.24) is 9.78 Å². The van der Waals surface area contributed by atoms with Crippen LogP contribution in [0.5, 0.6) is 0 Å². The van der Waals surface area contributed by atoms with Gasteiger partial charge in [0.2, 0.25) is 0 Å². The minimum Gasteiger partial charge on any atom is -0.396 e. The summed E-state index contributed by atoms with van der Waals surface area (Å²) in [4.78, 5) is 0. The van der Waals surface area contributed by atoms with Gasteiger partial charge in [-0.2, -0.15) is 5.10 Å². The molecule has 0 saturated heterocycles. The average Bonchev–Trinajstić information content (AvgIpc) is 2.33. The molecule has 0 unspecified atom stereocenters. The zero-order valence-electron chi connectivity index (χ0n) is 8.45. The van der Waals surface area contributed by atoms with Crippen molar-refractivity contribution in [1.29, 1.82) is 0 Å². The molecule has 0 fully saturated rings. The third-order valence-corrected chi connectivity index (χ3v) is 1.51. The highest BCUT2D eigenvalue weighted by Gasteiger charge is 2.09. The van der Waals surface area contributed by atoms with Crippen molar-refractivity contribution in [3.05, 3.63) is 12.4 Å². The van der Waals surface area contributed by atoms with Gasteiger partial charge in [-0.1, -0.05) is 0 Å². The molecule has 4 nitrogen and oxygen atoms in total. The van der Waals surface area contributed by atoms with Gasteiger partial charge in [0, 0.05) is 6.20 Å². The first-order valence-corrected chi connectivity index (χ1v) is 4.39. The summed E-state index contributed by atoms with van der Waals surface area (Å²) in [6.07, 6.45) is 3.43. The lowest BCUT2D eigenvalue weighted by Crippen LogP contribution is -2.21. The Hall–Kier alpha value is -1.03. The molecule has 74 valence electrons. The Morgan fingerprint density at radius 3 is 2.69 bits per heavy atom. The van der Waals surface area contributed by atoms with Crippen molar-refractivity contribution in [2.45, 2.75) is 32.9 Å². The average molecular weight is 183 g/mol. The number of rotatable bonds is 3. The highest BCUT2D eigenvalue weighted by atomic mass is 16.5. The highest BCUT2D eigenvalue weighted by Crippen LogP contribution is 2.06. The molecule has 0 spiro atoms. The van der Waals surface area contributed by atoms with Crippen LogP contribution in [0.15, 0.2) is 12.4 Å².